The van der Waals surface area contributed by atoms with Gasteiger partial charge in [-0.15, -0.1) is 0 Å². The topological polar surface area (TPSA) is 619 Å². The third-order valence-electron chi connectivity index (χ3n) is 12.9. The summed E-state index contributed by atoms with van der Waals surface area (Å²) < 4.78 is 9.37. The van der Waals surface area contributed by atoms with Crippen molar-refractivity contribution in [1.82, 2.24) is 0 Å². The number of aromatic carboxylic acids is 2. The molecule has 5 aromatic rings. The summed E-state index contributed by atoms with van der Waals surface area (Å²) in [6.45, 7) is 22.6. The minimum Gasteiger partial charge on any atom is -0.693 e. The summed E-state index contributed by atoms with van der Waals surface area (Å²) in [5.74, 6) is -7.67. The second-order valence-corrected chi connectivity index (χ2v) is 36.6. The number of rotatable bonds is 27. The maximum Gasteiger partial charge on any atom is -0.693 e. The first-order chi connectivity index (χ1) is 49.7. The van der Waals surface area contributed by atoms with Crippen LogP contribution in [0.2, 0.25) is 0 Å². The van der Waals surface area contributed by atoms with E-state index in [1.54, 1.807) is 38.1 Å². The molecule has 0 spiro atoms. The van der Waals surface area contributed by atoms with Crippen molar-refractivity contribution in [1.29, 1.82) is 0 Å². The van der Waals surface area contributed by atoms with Crippen LogP contribution in [0.1, 0.15) is 208 Å². The predicted molar refractivity (Wildman–Crippen MR) is 453 cm³/mol. The van der Waals surface area contributed by atoms with Gasteiger partial charge in [-0.25, -0.2) is 14.4 Å². The summed E-state index contributed by atoms with van der Waals surface area (Å²) in [6, 6.07) is 37.6. The summed E-state index contributed by atoms with van der Waals surface area (Å²) >= 11 is 7.67. The van der Waals surface area contributed by atoms with Gasteiger partial charge in [-0.1, -0.05) is 207 Å². The minimum atomic E-state index is -1.29. The number of aryl methyl sites for hydroxylation is 1. The van der Waals surface area contributed by atoms with Gasteiger partial charge in [-0.2, -0.15) is 0 Å². The third-order valence-corrected chi connectivity index (χ3v) is 13.2. The van der Waals surface area contributed by atoms with Crippen LogP contribution in [0.3, 0.4) is 0 Å². The standard InChI is InChI=1S/2C13H18O2.C10H12O2.2C9H8O4.2C8H16O2.C2H2Cl2O2.8ClH.8H2N.4Pt/c2*1-9(2)8-11-4-6-12(7-5-11)10(3)13(14)15;11-10(12)8-4-7-9-5-2-1-3-6-9;2*1-6(10)13-8-5-3-2-4-7(8)9(11)12;2*1-3-5-7(6-4-2)8(9)10;3-1(4)2(5)6;;;;;;;;;;;;;;;;;;;;/h2*4-7,9-10H,8H2,1-3H3,(H,14,15);1-3,5-6H,4,7-8H2,(H,11,12);2*2-5H,1H3,(H,11,12);2*7H,3-6H2,1-2H3,(H,9,10);1H,(H,5,6);8*1H;8*1H2;;;;/q;;;;;;;;;;;;;;;;8*-1;4*+4/p-8. The number of carbonyl (C=O) groups is 10. The number of esters is 2. The summed E-state index contributed by atoms with van der Waals surface area (Å²) in [6.07, 6.45) is 11.1. The third kappa shape index (κ3) is 92.0. The quantitative estimate of drug-likeness (QED) is 0.0137. The van der Waals surface area contributed by atoms with Gasteiger partial charge in [0.05, 0.1) is 23.7 Å². The van der Waals surface area contributed by atoms with Gasteiger partial charge in [0, 0.05) is 20.3 Å². The van der Waals surface area contributed by atoms with Crippen LogP contribution in [0.4, 0.5) is 0 Å². The van der Waals surface area contributed by atoms with Crippen molar-refractivity contribution >= 4 is 158 Å². The molecule has 0 radical (unpaired) electrons. The van der Waals surface area contributed by atoms with Gasteiger partial charge in [-0.3, -0.25) is 33.6 Å². The molecule has 0 aliphatic heterocycles. The van der Waals surface area contributed by atoms with Crippen molar-refractivity contribution in [3.05, 3.63) is 216 Å². The molecule has 5 aromatic carbocycles. The molecule has 2 unspecified atom stereocenters. The normalized spacial score (nSPS) is 9.57. The van der Waals surface area contributed by atoms with Gasteiger partial charge in [0.2, 0.25) is 4.84 Å². The monoisotopic (exact) mass is 2540 g/mol. The molecule has 28 nitrogen and oxygen atoms in total. The molecular weight excluding hydrogens is 2430 g/mol. The van der Waals surface area contributed by atoms with E-state index >= 15 is 0 Å². The molecule has 0 saturated heterocycles. The Hall–Kier alpha value is -3.87. The number of carboxylic acid groups (broad SMARTS) is 8. The van der Waals surface area contributed by atoms with E-state index in [4.69, 9.17) is 139 Å². The van der Waals surface area contributed by atoms with Crippen molar-refractivity contribution in [3.63, 3.8) is 0 Å². The molecule has 0 saturated carbocycles. The molecule has 0 aromatic heterocycles. The molecule has 42 heteroatoms. The summed E-state index contributed by atoms with van der Waals surface area (Å²) in [4.78, 5) is 103. The van der Waals surface area contributed by atoms with Crippen LogP contribution in [0.25, 0.3) is 49.2 Å². The van der Waals surface area contributed by atoms with Gasteiger partial charge < -0.3 is 99.5 Å². The number of hydrogen-bond donors (Lipinski definition) is 8. The number of nitrogens with two attached hydrogens (primary N) is 8. The Bertz CT molecular complexity index is 2990. The first-order valence-corrected chi connectivity index (χ1v) is 55.3. The number of ether oxygens (including phenoxy) is 2. The van der Waals surface area contributed by atoms with Crippen LogP contribution in [-0.4, -0.2) is 105 Å². The molecule has 5 rings (SSSR count). The zero-order valence-electron chi connectivity index (χ0n) is 65.0. The van der Waals surface area contributed by atoms with Gasteiger partial charge in [-0.05, 0) is 129 Å². The Morgan fingerprint density at radius 2 is 0.605 bits per heavy atom. The molecule has 0 bridgehead atoms. The summed E-state index contributed by atoms with van der Waals surface area (Å²) in [7, 11) is 39.0. The van der Waals surface area contributed by atoms with Crippen LogP contribution >= 0.6 is 98.5 Å². The first-order valence-electron chi connectivity index (χ1n) is 31.9. The van der Waals surface area contributed by atoms with Crippen LogP contribution in [-0.2, 0) is 124 Å². The van der Waals surface area contributed by atoms with Gasteiger partial charge in [0.15, 0.2) is 0 Å². The maximum atomic E-state index is 10.8. The maximum absolute atomic E-state index is 10.8. The van der Waals surface area contributed by atoms with E-state index in [0.717, 1.165) is 88.2 Å². The molecule has 672 valence electrons. The fourth-order valence-electron chi connectivity index (χ4n) is 8.15. The number of carbonyl (C=O) groups excluding carboxylic acids is 2. The fraction of sp³-hybridized carbons (Fsp3) is 0.444. The predicted octanol–water partition coefficient (Wildman–Crippen LogP) is 27.6. The largest absolute Gasteiger partial charge is 0.693 e. The van der Waals surface area contributed by atoms with E-state index in [9.17, 15) is 47.9 Å². The van der Waals surface area contributed by atoms with Gasteiger partial charge in [0.1, 0.15) is 22.6 Å². The molecule has 0 fully saturated rings. The zero-order valence-corrected chi connectivity index (χ0v) is 81.6. The van der Waals surface area contributed by atoms with Crippen molar-refractivity contribution in [2.75, 3.05) is 0 Å². The number of halogens is 10. The number of hydrogen-bond acceptors (Lipinski definition) is 12. The molecule has 0 amide bonds. The van der Waals surface area contributed by atoms with E-state index in [1.165, 1.54) is 54.8 Å². The van der Waals surface area contributed by atoms with Crippen molar-refractivity contribution < 1.29 is 164 Å². The Balaban J connectivity index is -0.0000000738. The molecule has 0 aliphatic rings. The van der Waals surface area contributed by atoms with E-state index in [0.29, 0.717) is 11.8 Å². The Kier molecular flexibility index (Phi) is 125. The molecular formula is C72H114Cl10N8O20Pt4. The van der Waals surface area contributed by atoms with Gasteiger partial charge in [0.25, 0.3) is 0 Å². The second kappa shape index (κ2) is 98.0. The van der Waals surface area contributed by atoms with Gasteiger partial charge >= 0.3 is 201 Å². The van der Waals surface area contributed by atoms with E-state index in [2.05, 4.69) is 37.2 Å². The number of benzene rings is 5. The molecule has 2 atom stereocenters. The average molecular weight is 2550 g/mol. The SMILES string of the molecule is CC(=O)Oc1ccccc1C(=O)O.CC(=O)Oc1ccccc1C(=O)O.CC(C)Cc1ccc(C(C)C(=O)O)cc1.CC(C)Cc1ccc(C(C)C(=O)O)cc1.CCCC(CCC)C(=O)O.CCCC(CCC)C(=O)O.O=C(O)C(Cl)Cl.O=C(O)CCCc1ccccc1.[Cl][Pt+2][Cl].[Cl][Pt+2][Cl].[Cl][Pt+2][Cl].[Cl][Pt+2][Cl].[NH2-].[NH2-].[NH2-].[NH2-].[NH2-].[NH2-].[NH2-].[NH2-]. The van der Waals surface area contributed by atoms with Crippen LogP contribution in [0.5, 0.6) is 11.5 Å². The first kappa shape index (κ1) is 145. The van der Waals surface area contributed by atoms with E-state index < -0.39 is 142 Å². The number of alkyl halides is 2. The number of para-hydroxylation sites is 2. The Labute approximate surface area is 748 Å². The van der Waals surface area contributed by atoms with E-state index in [-0.39, 0.29) is 90.1 Å². The Morgan fingerprint density at radius 3 is 0.798 bits per heavy atom. The van der Waals surface area contributed by atoms with Crippen LogP contribution in [0, 0.1) is 23.7 Å². The number of carboxylic acids is 8. The molecule has 0 aliphatic carbocycles. The second-order valence-electron chi connectivity index (χ2n) is 22.4. The van der Waals surface area contributed by atoms with Crippen molar-refractivity contribution in [2.24, 2.45) is 23.7 Å². The molecule has 0 heterocycles. The van der Waals surface area contributed by atoms with Crippen LogP contribution in [0.15, 0.2) is 127 Å². The zero-order chi connectivity index (χ0) is 83.3. The number of aliphatic carboxylic acids is 6. The average Bonchev–Trinajstić information content (AvgIpc) is 0.891. The minimum absolute atomic E-state index is 0. The Morgan fingerprint density at radius 1 is 0.360 bits per heavy atom. The van der Waals surface area contributed by atoms with Crippen LogP contribution < -0.4 is 9.47 Å². The summed E-state index contributed by atoms with van der Waals surface area (Å²) in [5, 5.41) is 68.5. The van der Waals surface area contributed by atoms with Crippen molar-refractivity contribution in [3.8, 4) is 11.5 Å². The van der Waals surface area contributed by atoms with Crippen molar-refractivity contribution in [2.45, 2.75) is 183 Å². The molecule has 24 N–H and O–H groups in total. The molecule has 114 heavy (non-hydrogen) atoms. The summed E-state index contributed by atoms with van der Waals surface area (Å²) in [5.41, 5.74) is 5.46. The fourth-order valence-corrected chi connectivity index (χ4v) is 8.15. The smallest absolute Gasteiger partial charge is 0.693 e. The van der Waals surface area contributed by atoms with E-state index in [1.807, 2.05) is 107 Å².